The van der Waals surface area contributed by atoms with Gasteiger partial charge in [-0.2, -0.15) is 0 Å². The zero-order valence-electron chi connectivity index (χ0n) is 17.9. The van der Waals surface area contributed by atoms with Gasteiger partial charge in [-0.15, -0.1) is 0 Å². The van der Waals surface area contributed by atoms with E-state index in [9.17, 15) is 14.0 Å². The number of pyridine rings is 1. The van der Waals surface area contributed by atoms with E-state index >= 15 is 4.39 Å². The predicted octanol–water partition coefficient (Wildman–Crippen LogP) is 2.78. The number of halogens is 2. The molecule has 0 amide bonds. The molecular weight excluding hydrogens is 418 g/mol. The van der Waals surface area contributed by atoms with Gasteiger partial charge in [-0.05, 0) is 44.3 Å². The molecule has 3 aromatic rings. The molecule has 0 bridgehead atoms. The Morgan fingerprint density at radius 2 is 1.75 bits per heavy atom. The quantitative estimate of drug-likeness (QED) is 0.494. The van der Waals surface area contributed by atoms with Gasteiger partial charge in [0.05, 0.1) is 23.5 Å². The maximum atomic E-state index is 15.1. The van der Waals surface area contributed by atoms with Gasteiger partial charge in [0.1, 0.15) is 17.2 Å². The highest BCUT2D eigenvalue weighted by atomic mass is 19.1. The summed E-state index contributed by atoms with van der Waals surface area (Å²) >= 11 is 0. The maximum Gasteiger partial charge on any atom is 0.343 e. The van der Waals surface area contributed by atoms with Crippen molar-refractivity contribution in [3.05, 3.63) is 63.9 Å². The fourth-order valence-electron chi connectivity index (χ4n) is 3.90. The van der Waals surface area contributed by atoms with Gasteiger partial charge in [-0.3, -0.25) is 4.79 Å². The van der Waals surface area contributed by atoms with Gasteiger partial charge in [0.2, 0.25) is 5.43 Å². The molecule has 168 valence electrons. The molecule has 4 rings (SSSR count). The summed E-state index contributed by atoms with van der Waals surface area (Å²) < 4.78 is 36.3. The summed E-state index contributed by atoms with van der Waals surface area (Å²) in [6.45, 7) is 4.42. The van der Waals surface area contributed by atoms with Crippen LogP contribution in [-0.2, 0) is 4.74 Å². The van der Waals surface area contributed by atoms with Crippen molar-refractivity contribution < 1.29 is 18.3 Å². The number of fused-ring (bicyclic) bond motifs is 1. The molecule has 0 unspecified atom stereocenters. The zero-order chi connectivity index (χ0) is 23.0. The Balaban J connectivity index is 1.99. The molecular formula is C23H24F2N4O3. The summed E-state index contributed by atoms with van der Waals surface area (Å²) in [6, 6.07) is 6.75. The van der Waals surface area contributed by atoms with E-state index in [4.69, 9.17) is 10.5 Å². The molecule has 1 aromatic heterocycles. The first-order chi connectivity index (χ1) is 15.3. The average Bonchev–Trinajstić information content (AvgIpc) is 2.75. The second-order valence-electron chi connectivity index (χ2n) is 7.78. The van der Waals surface area contributed by atoms with Crippen LogP contribution in [0.25, 0.3) is 16.6 Å². The summed E-state index contributed by atoms with van der Waals surface area (Å²) in [5.41, 5.74) is 5.60. The molecule has 0 spiro atoms. The number of nitrogens with zero attached hydrogens (tertiary/aromatic N) is 3. The van der Waals surface area contributed by atoms with E-state index < -0.39 is 23.0 Å². The topological polar surface area (TPSA) is 80.8 Å². The maximum absolute atomic E-state index is 15.1. The number of ether oxygens (including phenoxy) is 1. The Morgan fingerprint density at radius 3 is 2.41 bits per heavy atom. The van der Waals surface area contributed by atoms with Gasteiger partial charge in [0.15, 0.2) is 0 Å². The molecule has 0 radical (unpaired) electrons. The van der Waals surface area contributed by atoms with Crippen molar-refractivity contribution in [2.75, 3.05) is 50.5 Å². The first-order valence-corrected chi connectivity index (χ1v) is 10.3. The number of likely N-dealkylation sites (N-methyl/N-ethyl adjacent to an activating group) is 1. The molecule has 2 N–H and O–H groups in total. The number of hydrogen-bond donors (Lipinski definition) is 1. The molecule has 1 saturated heterocycles. The van der Waals surface area contributed by atoms with Crippen molar-refractivity contribution in [3.8, 4) is 5.69 Å². The highest BCUT2D eigenvalue weighted by Gasteiger charge is 2.23. The smallest absolute Gasteiger partial charge is 0.343 e. The fourth-order valence-corrected chi connectivity index (χ4v) is 3.90. The van der Waals surface area contributed by atoms with Crippen LogP contribution in [-0.4, -0.2) is 55.3 Å². The number of carbonyl (C=O) groups excluding carboxylic acids is 1. The summed E-state index contributed by atoms with van der Waals surface area (Å²) in [5, 5.41) is -0.0397. The Hall–Kier alpha value is -3.46. The molecule has 7 nitrogen and oxygen atoms in total. The SMILES string of the molecule is CCOC(=O)c1cn(-c2ccc(N)cc2F)c2cc(N3CCN(C)CC3)c(F)cc2c1=O. The van der Waals surface area contributed by atoms with E-state index in [-0.39, 0.29) is 34.4 Å². The van der Waals surface area contributed by atoms with Crippen LogP contribution in [0.5, 0.6) is 0 Å². The van der Waals surface area contributed by atoms with Gasteiger partial charge < -0.3 is 24.8 Å². The number of rotatable bonds is 4. The number of nitrogen functional groups attached to an aromatic ring is 1. The van der Waals surface area contributed by atoms with E-state index in [0.29, 0.717) is 18.8 Å². The number of hydrogen-bond acceptors (Lipinski definition) is 6. The number of carbonyl (C=O) groups is 1. The van der Waals surface area contributed by atoms with Crippen LogP contribution in [0.4, 0.5) is 20.2 Å². The van der Waals surface area contributed by atoms with Crippen molar-refractivity contribution >= 4 is 28.2 Å². The summed E-state index contributed by atoms with van der Waals surface area (Å²) in [5.74, 6) is -2.08. The molecule has 0 atom stereocenters. The van der Waals surface area contributed by atoms with Crippen LogP contribution >= 0.6 is 0 Å². The molecule has 2 aromatic carbocycles. The normalized spacial score (nSPS) is 14.7. The summed E-state index contributed by atoms with van der Waals surface area (Å²) in [4.78, 5) is 29.5. The molecule has 1 aliphatic rings. The Morgan fingerprint density at radius 1 is 1.06 bits per heavy atom. The summed E-state index contributed by atoms with van der Waals surface area (Å²) in [6.07, 6.45) is 1.24. The van der Waals surface area contributed by atoms with E-state index in [1.54, 1.807) is 6.92 Å². The lowest BCUT2D eigenvalue weighted by atomic mass is 10.1. The predicted molar refractivity (Wildman–Crippen MR) is 120 cm³/mol. The van der Waals surface area contributed by atoms with Crippen molar-refractivity contribution in [1.82, 2.24) is 9.47 Å². The van der Waals surface area contributed by atoms with Gasteiger partial charge >= 0.3 is 5.97 Å². The third kappa shape index (κ3) is 3.91. The van der Waals surface area contributed by atoms with Crippen LogP contribution in [0.2, 0.25) is 0 Å². The lowest BCUT2D eigenvalue weighted by Crippen LogP contribution is -2.44. The van der Waals surface area contributed by atoms with E-state index in [0.717, 1.165) is 25.2 Å². The molecule has 0 aliphatic carbocycles. The van der Waals surface area contributed by atoms with Crippen LogP contribution < -0.4 is 16.1 Å². The minimum Gasteiger partial charge on any atom is -0.462 e. The number of benzene rings is 2. The molecule has 1 fully saturated rings. The minimum atomic E-state index is -0.854. The van der Waals surface area contributed by atoms with Gasteiger partial charge in [-0.1, -0.05) is 0 Å². The number of nitrogens with two attached hydrogens (primary N) is 1. The molecule has 32 heavy (non-hydrogen) atoms. The monoisotopic (exact) mass is 442 g/mol. The number of piperazine rings is 1. The third-order valence-corrected chi connectivity index (χ3v) is 5.64. The number of esters is 1. The van der Waals surface area contributed by atoms with Gasteiger partial charge in [0, 0.05) is 43.4 Å². The largest absolute Gasteiger partial charge is 0.462 e. The Labute approximate surface area is 183 Å². The molecule has 1 aliphatic heterocycles. The van der Waals surface area contributed by atoms with E-state index in [2.05, 4.69) is 4.90 Å². The van der Waals surface area contributed by atoms with Crippen LogP contribution in [0.3, 0.4) is 0 Å². The Bertz CT molecular complexity index is 1250. The number of aromatic nitrogens is 1. The Kier molecular flexibility index (Phi) is 5.84. The second kappa shape index (κ2) is 8.58. The van der Waals surface area contributed by atoms with Crippen LogP contribution in [0.15, 0.2) is 41.3 Å². The zero-order valence-corrected chi connectivity index (χ0v) is 17.9. The number of anilines is 2. The van der Waals surface area contributed by atoms with Crippen molar-refractivity contribution in [2.24, 2.45) is 0 Å². The first-order valence-electron chi connectivity index (χ1n) is 10.3. The summed E-state index contributed by atoms with van der Waals surface area (Å²) in [7, 11) is 1.99. The highest BCUT2D eigenvalue weighted by molar-refractivity contribution is 5.95. The minimum absolute atomic E-state index is 0.0397. The third-order valence-electron chi connectivity index (χ3n) is 5.64. The molecule has 0 saturated carbocycles. The standard InChI is InChI=1S/C23H24F2N4O3/c1-3-32-23(31)16-13-29(19-5-4-14(26)10-17(19)24)20-12-21(18(25)11-15(20)22(16)30)28-8-6-27(2)7-9-28/h4-5,10-13H,3,6-9,26H2,1-2H3. The first kappa shape index (κ1) is 21.8. The average molecular weight is 442 g/mol. The second-order valence-corrected chi connectivity index (χ2v) is 7.78. The van der Waals surface area contributed by atoms with Gasteiger partial charge in [0.25, 0.3) is 0 Å². The van der Waals surface area contributed by atoms with Crippen molar-refractivity contribution in [2.45, 2.75) is 6.92 Å². The van der Waals surface area contributed by atoms with Gasteiger partial charge in [-0.25, -0.2) is 13.6 Å². The highest BCUT2D eigenvalue weighted by Crippen LogP contribution is 2.29. The lowest BCUT2D eigenvalue weighted by Gasteiger charge is -2.34. The van der Waals surface area contributed by atoms with E-state index in [1.165, 1.54) is 29.0 Å². The molecule has 2 heterocycles. The fraction of sp³-hybridized carbons (Fsp3) is 0.304. The van der Waals surface area contributed by atoms with Crippen LogP contribution in [0, 0.1) is 11.6 Å². The van der Waals surface area contributed by atoms with Crippen molar-refractivity contribution in [1.29, 1.82) is 0 Å². The lowest BCUT2D eigenvalue weighted by molar-refractivity contribution is 0.0524. The van der Waals surface area contributed by atoms with Crippen LogP contribution in [0.1, 0.15) is 17.3 Å². The van der Waals surface area contributed by atoms with E-state index in [1.807, 2.05) is 11.9 Å². The molecule has 9 heteroatoms. The van der Waals surface area contributed by atoms with Crippen molar-refractivity contribution in [3.63, 3.8) is 0 Å².